The summed E-state index contributed by atoms with van der Waals surface area (Å²) >= 11 is 0. The second-order valence-electron chi connectivity index (χ2n) is 3.55. The molecule has 0 saturated heterocycles. The van der Waals surface area contributed by atoms with Gasteiger partial charge in [-0.2, -0.15) is 0 Å². The Morgan fingerprint density at radius 3 is 2.73 bits per heavy atom. The normalized spacial score (nSPS) is 30.7. The molecule has 1 fully saturated rings. The van der Waals surface area contributed by atoms with E-state index in [1.165, 1.54) is 25.7 Å². The lowest BCUT2D eigenvalue weighted by Gasteiger charge is -2.33. The minimum Gasteiger partial charge on any atom is -0.327 e. The molecule has 0 aliphatic heterocycles. The summed E-state index contributed by atoms with van der Waals surface area (Å²) in [4.78, 5) is 0. The van der Waals surface area contributed by atoms with Crippen molar-refractivity contribution in [2.24, 2.45) is 17.6 Å². The molecule has 1 rings (SSSR count). The summed E-state index contributed by atoms with van der Waals surface area (Å²) in [5, 5.41) is 0. The van der Waals surface area contributed by atoms with Gasteiger partial charge in [0.05, 0.1) is 0 Å². The van der Waals surface area contributed by atoms with Gasteiger partial charge in [-0.15, -0.1) is 0 Å². The predicted octanol–water partition coefficient (Wildman–Crippen LogP) is 2.33. The van der Waals surface area contributed by atoms with Gasteiger partial charge in [0.1, 0.15) is 0 Å². The van der Waals surface area contributed by atoms with Gasteiger partial charge < -0.3 is 5.73 Å². The monoisotopic (exact) mass is 153 g/mol. The van der Waals surface area contributed by atoms with Crippen LogP contribution in [0.4, 0.5) is 0 Å². The summed E-state index contributed by atoms with van der Waals surface area (Å²) in [5.41, 5.74) is 5.36. The van der Waals surface area contributed by atoms with Crippen molar-refractivity contribution in [3.8, 4) is 0 Å². The first-order valence-electron chi connectivity index (χ1n) is 4.73. The van der Waals surface area contributed by atoms with Gasteiger partial charge in [0, 0.05) is 6.54 Å². The fourth-order valence-corrected chi connectivity index (χ4v) is 1.86. The topological polar surface area (TPSA) is 26.0 Å². The molecule has 0 aromatic heterocycles. The van der Waals surface area contributed by atoms with Gasteiger partial charge in [0.25, 0.3) is 0 Å². The Balaban J connectivity index is 2.04. The lowest BCUT2D eigenvalue weighted by molar-refractivity contribution is 0.223. The van der Waals surface area contributed by atoms with Crippen LogP contribution in [0.25, 0.3) is 0 Å². The zero-order valence-electron chi connectivity index (χ0n) is 7.42. The average Bonchev–Trinajstić information content (AvgIpc) is 1.94. The zero-order valence-corrected chi connectivity index (χ0v) is 7.42. The first-order valence-corrected chi connectivity index (χ1v) is 4.73. The first-order chi connectivity index (χ1) is 5.36. The highest BCUT2D eigenvalue weighted by atomic mass is 14.5. The van der Waals surface area contributed by atoms with Crippen molar-refractivity contribution in [1.82, 2.24) is 0 Å². The lowest BCUT2D eigenvalue weighted by atomic mass is 9.73. The van der Waals surface area contributed by atoms with Crippen LogP contribution in [-0.2, 0) is 0 Å². The van der Waals surface area contributed by atoms with Crippen LogP contribution in [0.2, 0.25) is 0 Å². The number of nitrogens with two attached hydrogens (primary N) is 1. The molecule has 0 aromatic carbocycles. The van der Waals surface area contributed by atoms with E-state index in [0.717, 1.165) is 11.8 Å². The highest BCUT2D eigenvalue weighted by Gasteiger charge is 2.25. The maximum Gasteiger partial charge on any atom is 0.0106 e. The minimum absolute atomic E-state index is 0.703. The van der Waals surface area contributed by atoms with Crippen molar-refractivity contribution in [2.45, 2.75) is 32.6 Å². The van der Waals surface area contributed by atoms with Crippen LogP contribution in [0.15, 0.2) is 12.2 Å². The van der Waals surface area contributed by atoms with Crippen LogP contribution in [0.5, 0.6) is 0 Å². The highest BCUT2D eigenvalue weighted by molar-refractivity contribution is 4.96. The number of hydrogen-bond donors (Lipinski definition) is 1. The Bertz CT molecular complexity index is 123. The molecule has 1 heteroatoms. The van der Waals surface area contributed by atoms with Gasteiger partial charge in [0.15, 0.2) is 0 Å². The Morgan fingerprint density at radius 1 is 1.45 bits per heavy atom. The molecule has 0 bridgehead atoms. The molecule has 11 heavy (non-hydrogen) atoms. The average molecular weight is 153 g/mol. The maximum absolute atomic E-state index is 5.36. The van der Waals surface area contributed by atoms with Gasteiger partial charge in [-0.05, 0) is 24.7 Å². The summed E-state index contributed by atoms with van der Waals surface area (Å²) in [6.45, 7) is 2.97. The molecule has 0 amide bonds. The third-order valence-corrected chi connectivity index (χ3v) is 2.51. The van der Waals surface area contributed by atoms with E-state index in [0.29, 0.717) is 6.54 Å². The predicted molar refractivity (Wildman–Crippen MR) is 49.3 cm³/mol. The lowest BCUT2D eigenvalue weighted by Crippen LogP contribution is -2.21. The molecule has 1 aliphatic carbocycles. The first kappa shape index (κ1) is 8.79. The van der Waals surface area contributed by atoms with E-state index in [4.69, 9.17) is 5.73 Å². The molecular formula is C10H19N. The fourth-order valence-electron chi connectivity index (χ4n) is 1.86. The van der Waals surface area contributed by atoms with Crippen molar-refractivity contribution in [3.05, 3.63) is 12.2 Å². The molecule has 0 heterocycles. The van der Waals surface area contributed by atoms with Crippen LogP contribution >= 0.6 is 0 Å². The summed E-state index contributed by atoms with van der Waals surface area (Å²) in [6.07, 6.45) is 9.96. The molecule has 0 unspecified atom stereocenters. The minimum atomic E-state index is 0.703. The summed E-state index contributed by atoms with van der Waals surface area (Å²) in [6, 6.07) is 0. The highest BCUT2D eigenvalue weighted by Crippen LogP contribution is 2.37. The molecule has 1 saturated carbocycles. The molecule has 1 aliphatic rings. The Hall–Kier alpha value is -0.300. The number of rotatable bonds is 4. The molecule has 0 radical (unpaired) electrons. The maximum atomic E-state index is 5.36. The smallest absolute Gasteiger partial charge is 0.0106 e. The second kappa shape index (κ2) is 4.55. The summed E-state index contributed by atoms with van der Waals surface area (Å²) in [5.74, 6) is 1.88. The largest absolute Gasteiger partial charge is 0.327 e. The molecular weight excluding hydrogens is 134 g/mol. The van der Waals surface area contributed by atoms with Gasteiger partial charge in [0.2, 0.25) is 0 Å². The van der Waals surface area contributed by atoms with Crippen LogP contribution in [0.1, 0.15) is 32.6 Å². The van der Waals surface area contributed by atoms with E-state index in [2.05, 4.69) is 19.1 Å². The Labute approximate surface area is 69.7 Å². The molecule has 0 spiro atoms. The molecule has 0 aromatic rings. The van der Waals surface area contributed by atoms with Crippen molar-refractivity contribution < 1.29 is 0 Å². The van der Waals surface area contributed by atoms with Crippen molar-refractivity contribution >= 4 is 0 Å². The molecule has 2 N–H and O–H groups in total. The third-order valence-electron chi connectivity index (χ3n) is 2.51. The quantitative estimate of drug-likeness (QED) is 0.616. The van der Waals surface area contributed by atoms with Crippen LogP contribution in [0, 0.1) is 11.8 Å². The fraction of sp³-hybridized carbons (Fsp3) is 0.800. The van der Waals surface area contributed by atoms with E-state index >= 15 is 0 Å². The van der Waals surface area contributed by atoms with Gasteiger partial charge in [-0.3, -0.25) is 0 Å². The van der Waals surface area contributed by atoms with Gasteiger partial charge >= 0.3 is 0 Å². The molecule has 64 valence electrons. The molecule has 0 atom stereocenters. The summed E-state index contributed by atoms with van der Waals surface area (Å²) < 4.78 is 0. The zero-order chi connectivity index (χ0) is 8.10. The molecule has 1 nitrogen and oxygen atoms in total. The van der Waals surface area contributed by atoms with E-state index in [-0.39, 0.29) is 0 Å². The number of hydrogen-bond acceptors (Lipinski definition) is 1. The standard InChI is InChI=1S/C10H19N/c1-2-4-9-7-10(8-9)5-3-6-11/h3,5,9-10H,2,4,6-8,11H2,1H3. The van der Waals surface area contributed by atoms with Crippen LogP contribution < -0.4 is 5.73 Å². The van der Waals surface area contributed by atoms with Crippen molar-refractivity contribution in [1.29, 1.82) is 0 Å². The van der Waals surface area contributed by atoms with Crippen LogP contribution in [0.3, 0.4) is 0 Å². The van der Waals surface area contributed by atoms with E-state index in [1.54, 1.807) is 0 Å². The van der Waals surface area contributed by atoms with Crippen molar-refractivity contribution in [2.75, 3.05) is 6.54 Å². The number of allylic oxidation sites excluding steroid dienone is 1. The Morgan fingerprint density at radius 2 is 2.18 bits per heavy atom. The van der Waals surface area contributed by atoms with Crippen LogP contribution in [-0.4, -0.2) is 6.54 Å². The second-order valence-corrected chi connectivity index (χ2v) is 3.55. The van der Waals surface area contributed by atoms with Crippen molar-refractivity contribution in [3.63, 3.8) is 0 Å². The van der Waals surface area contributed by atoms with E-state index in [9.17, 15) is 0 Å². The summed E-state index contributed by atoms with van der Waals surface area (Å²) in [7, 11) is 0. The SMILES string of the molecule is CCCC1CC(C=CCN)C1. The van der Waals surface area contributed by atoms with Gasteiger partial charge in [-0.1, -0.05) is 31.9 Å². The third kappa shape index (κ3) is 2.66. The van der Waals surface area contributed by atoms with E-state index in [1.807, 2.05) is 0 Å². The van der Waals surface area contributed by atoms with Gasteiger partial charge in [-0.25, -0.2) is 0 Å². The Kier molecular flexibility index (Phi) is 3.64. The van der Waals surface area contributed by atoms with E-state index < -0.39 is 0 Å².